The standard InChI is InChI=1S/C13H16IN3/c1-3-15-7-11-8-17(9-16-11)12-5-4-10(2)13(14)6-12/h4-6,8-9,15H,3,7H2,1-2H3. The Kier molecular flexibility index (Phi) is 4.17. The molecule has 0 spiro atoms. The molecule has 0 aliphatic carbocycles. The first-order valence-electron chi connectivity index (χ1n) is 5.71. The summed E-state index contributed by atoms with van der Waals surface area (Å²) < 4.78 is 3.34. The van der Waals surface area contributed by atoms with Crippen LogP contribution in [-0.4, -0.2) is 16.1 Å². The van der Waals surface area contributed by atoms with Gasteiger partial charge in [-0.1, -0.05) is 13.0 Å². The molecule has 0 atom stereocenters. The summed E-state index contributed by atoms with van der Waals surface area (Å²) in [6.45, 7) is 6.01. The van der Waals surface area contributed by atoms with Crippen LogP contribution in [0.4, 0.5) is 0 Å². The van der Waals surface area contributed by atoms with Crippen LogP contribution in [0.3, 0.4) is 0 Å². The molecule has 1 aromatic carbocycles. The largest absolute Gasteiger partial charge is 0.311 e. The number of nitrogens with one attached hydrogen (secondary N) is 1. The van der Waals surface area contributed by atoms with Crippen LogP contribution in [0, 0.1) is 10.5 Å². The van der Waals surface area contributed by atoms with Gasteiger partial charge in [-0.3, -0.25) is 0 Å². The van der Waals surface area contributed by atoms with Gasteiger partial charge in [0.25, 0.3) is 0 Å². The van der Waals surface area contributed by atoms with Crippen molar-refractivity contribution in [2.24, 2.45) is 0 Å². The Balaban J connectivity index is 2.21. The van der Waals surface area contributed by atoms with Crippen molar-refractivity contribution in [1.82, 2.24) is 14.9 Å². The highest BCUT2D eigenvalue weighted by Gasteiger charge is 2.02. The van der Waals surface area contributed by atoms with Gasteiger partial charge >= 0.3 is 0 Å². The Morgan fingerprint density at radius 2 is 2.24 bits per heavy atom. The summed E-state index contributed by atoms with van der Waals surface area (Å²) in [5.74, 6) is 0. The second kappa shape index (κ2) is 5.64. The molecule has 0 bridgehead atoms. The maximum absolute atomic E-state index is 4.38. The molecule has 0 aliphatic heterocycles. The fraction of sp³-hybridized carbons (Fsp3) is 0.308. The molecule has 0 saturated carbocycles. The summed E-state index contributed by atoms with van der Waals surface area (Å²) in [5, 5.41) is 3.27. The predicted molar refractivity (Wildman–Crippen MR) is 78.4 cm³/mol. The maximum Gasteiger partial charge on any atom is 0.0995 e. The van der Waals surface area contributed by atoms with Crippen LogP contribution in [0.15, 0.2) is 30.7 Å². The van der Waals surface area contributed by atoms with Crippen molar-refractivity contribution in [3.8, 4) is 5.69 Å². The van der Waals surface area contributed by atoms with Gasteiger partial charge in [0.15, 0.2) is 0 Å². The molecule has 0 unspecified atom stereocenters. The van der Waals surface area contributed by atoms with Crippen LogP contribution in [0.25, 0.3) is 5.69 Å². The summed E-state index contributed by atoms with van der Waals surface area (Å²) in [6, 6.07) is 6.44. The average molecular weight is 341 g/mol. The average Bonchev–Trinajstić information content (AvgIpc) is 2.79. The second-order valence-electron chi connectivity index (χ2n) is 3.99. The number of aryl methyl sites for hydroxylation is 1. The van der Waals surface area contributed by atoms with E-state index in [9.17, 15) is 0 Å². The van der Waals surface area contributed by atoms with Gasteiger partial charge in [-0.2, -0.15) is 0 Å². The van der Waals surface area contributed by atoms with Crippen molar-refractivity contribution in [3.63, 3.8) is 0 Å². The Morgan fingerprint density at radius 1 is 1.41 bits per heavy atom. The van der Waals surface area contributed by atoms with Crippen LogP contribution in [0.2, 0.25) is 0 Å². The molecule has 0 fully saturated rings. The van der Waals surface area contributed by atoms with E-state index in [0.717, 1.165) is 24.5 Å². The van der Waals surface area contributed by atoms with Gasteiger partial charge in [0.2, 0.25) is 0 Å². The lowest BCUT2D eigenvalue weighted by Crippen LogP contribution is -2.11. The first kappa shape index (κ1) is 12.6. The number of aromatic nitrogens is 2. The summed E-state index contributed by atoms with van der Waals surface area (Å²) >= 11 is 2.36. The lowest BCUT2D eigenvalue weighted by atomic mass is 10.2. The number of hydrogen-bond donors (Lipinski definition) is 1. The Morgan fingerprint density at radius 3 is 2.94 bits per heavy atom. The van der Waals surface area contributed by atoms with E-state index in [4.69, 9.17) is 0 Å². The zero-order chi connectivity index (χ0) is 12.3. The third kappa shape index (κ3) is 3.07. The van der Waals surface area contributed by atoms with Crippen LogP contribution in [0.5, 0.6) is 0 Å². The van der Waals surface area contributed by atoms with Gasteiger partial charge in [-0.25, -0.2) is 4.98 Å². The Bertz CT molecular complexity index is 505. The normalized spacial score (nSPS) is 10.8. The van der Waals surface area contributed by atoms with Crippen LogP contribution in [-0.2, 0) is 6.54 Å². The van der Waals surface area contributed by atoms with Gasteiger partial charge < -0.3 is 9.88 Å². The lowest BCUT2D eigenvalue weighted by molar-refractivity contribution is 0.713. The molecule has 2 rings (SSSR count). The number of imidazole rings is 1. The fourth-order valence-corrected chi connectivity index (χ4v) is 2.09. The topological polar surface area (TPSA) is 29.9 Å². The van der Waals surface area contributed by atoms with E-state index < -0.39 is 0 Å². The van der Waals surface area contributed by atoms with E-state index in [1.165, 1.54) is 9.13 Å². The summed E-state index contributed by atoms with van der Waals surface area (Å²) in [6.07, 6.45) is 3.94. The quantitative estimate of drug-likeness (QED) is 0.867. The smallest absolute Gasteiger partial charge is 0.0995 e. The van der Waals surface area contributed by atoms with E-state index in [1.807, 2.05) is 6.33 Å². The molecule has 0 amide bonds. The molecule has 1 heterocycles. The predicted octanol–water partition coefficient (Wildman–Crippen LogP) is 2.89. The molecule has 3 nitrogen and oxygen atoms in total. The molecule has 90 valence electrons. The minimum Gasteiger partial charge on any atom is -0.311 e. The van der Waals surface area contributed by atoms with E-state index in [0.29, 0.717) is 0 Å². The van der Waals surface area contributed by atoms with E-state index >= 15 is 0 Å². The first-order chi connectivity index (χ1) is 8.20. The molecule has 0 saturated heterocycles. The van der Waals surface area contributed by atoms with Crippen LogP contribution in [0.1, 0.15) is 18.2 Å². The number of rotatable bonds is 4. The Labute approximate surface area is 115 Å². The van der Waals surface area contributed by atoms with Gasteiger partial charge in [-0.05, 0) is 53.8 Å². The maximum atomic E-state index is 4.38. The minimum atomic E-state index is 0.826. The SMILES string of the molecule is CCNCc1cn(-c2ccc(C)c(I)c2)cn1. The highest BCUT2D eigenvalue weighted by atomic mass is 127. The second-order valence-corrected chi connectivity index (χ2v) is 5.15. The first-order valence-corrected chi connectivity index (χ1v) is 6.78. The molecule has 17 heavy (non-hydrogen) atoms. The Hall–Kier alpha value is -0.880. The van der Waals surface area contributed by atoms with Crippen LogP contribution < -0.4 is 5.32 Å². The fourth-order valence-electron chi connectivity index (χ4n) is 1.59. The number of nitrogens with zero attached hydrogens (tertiary/aromatic N) is 2. The zero-order valence-electron chi connectivity index (χ0n) is 10.1. The summed E-state index contributed by atoms with van der Waals surface area (Å²) in [4.78, 5) is 4.38. The number of halogens is 1. The summed E-state index contributed by atoms with van der Waals surface area (Å²) in [5.41, 5.74) is 3.54. The van der Waals surface area contributed by atoms with Gasteiger partial charge in [0, 0.05) is 22.0 Å². The van der Waals surface area contributed by atoms with E-state index in [2.05, 4.69) is 75.7 Å². The lowest BCUT2D eigenvalue weighted by Gasteiger charge is -2.04. The zero-order valence-corrected chi connectivity index (χ0v) is 12.2. The molecule has 2 aromatic rings. The molecule has 1 aromatic heterocycles. The minimum absolute atomic E-state index is 0.826. The van der Waals surface area contributed by atoms with Crippen molar-refractivity contribution in [2.45, 2.75) is 20.4 Å². The van der Waals surface area contributed by atoms with Gasteiger partial charge in [0.1, 0.15) is 0 Å². The van der Waals surface area contributed by atoms with Crippen molar-refractivity contribution in [2.75, 3.05) is 6.54 Å². The number of hydrogen-bond acceptors (Lipinski definition) is 2. The highest BCUT2D eigenvalue weighted by Crippen LogP contribution is 2.16. The highest BCUT2D eigenvalue weighted by molar-refractivity contribution is 14.1. The monoisotopic (exact) mass is 341 g/mol. The van der Waals surface area contributed by atoms with Crippen molar-refractivity contribution >= 4 is 22.6 Å². The number of benzene rings is 1. The molecular weight excluding hydrogens is 325 g/mol. The van der Waals surface area contributed by atoms with Gasteiger partial charge in [0.05, 0.1) is 12.0 Å². The molecule has 4 heteroatoms. The van der Waals surface area contributed by atoms with E-state index in [-0.39, 0.29) is 0 Å². The molecular formula is C13H16IN3. The third-order valence-corrected chi connectivity index (χ3v) is 3.81. The summed E-state index contributed by atoms with van der Waals surface area (Å²) in [7, 11) is 0. The molecule has 0 radical (unpaired) electrons. The van der Waals surface area contributed by atoms with E-state index in [1.54, 1.807) is 0 Å². The van der Waals surface area contributed by atoms with Crippen LogP contribution >= 0.6 is 22.6 Å². The molecule has 1 N–H and O–H groups in total. The molecule has 0 aliphatic rings. The van der Waals surface area contributed by atoms with Crippen molar-refractivity contribution in [1.29, 1.82) is 0 Å². The van der Waals surface area contributed by atoms with Gasteiger partial charge in [-0.15, -0.1) is 0 Å². The third-order valence-electron chi connectivity index (χ3n) is 2.65. The van der Waals surface area contributed by atoms with Crippen molar-refractivity contribution in [3.05, 3.63) is 45.6 Å². The van der Waals surface area contributed by atoms with Crippen molar-refractivity contribution < 1.29 is 0 Å².